The summed E-state index contributed by atoms with van der Waals surface area (Å²) in [4.78, 5) is 0. The number of ether oxygens (including phenoxy) is 1. The maximum atomic E-state index is 11.9. The van der Waals surface area contributed by atoms with Crippen molar-refractivity contribution in [3.8, 4) is 0 Å². The standard InChI is InChI=1S/C13H30N2O3S/c1-11(2)10-18-8-6-7-15-19(16,17)13(5)9-14-12(3)4/h11-15H,6-10H2,1-5H3. The average molecular weight is 294 g/mol. The lowest BCUT2D eigenvalue weighted by molar-refractivity contribution is 0.108. The summed E-state index contributed by atoms with van der Waals surface area (Å²) < 4.78 is 31.8. The minimum Gasteiger partial charge on any atom is -0.381 e. The Labute approximate surface area is 118 Å². The lowest BCUT2D eigenvalue weighted by Crippen LogP contribution is -2.41. The van der Waals surface area contributed by atoms with Gasteiger partial charge < -0.3 is 10.1 Å². The van der Waals surface area contributed by atoms with Gasteiger partial charge in [0.2, 0.25) is 10.0 Å². The molecule has 2 N–H and O–H groups in total. The largest absolute Gasteiger partial charge is 0.381 e. The zero-order chi connectivity index (χ0) is 14.9. The van der Waals surface area contributed by atoms with Crippen LogP contribution in [-0.2, 0) is 14.8 Å². The predicted octanol–water partition coefficient (Wildman–Crippen LogP) is 1.36. The molecule has 0 aromatic rings. The van der Waals surface area contributed by atoms with Crippen LogP contribution in [0.15, 0.2) is 0 Å². The van der Waals surface area contributed by atoms with Gasteiger partial charge in [-0.3, -0.25) is 0 Å². The number of sulfonamides is 1. The molecular formula is C13H30N2O3S. The molecule has 19 heavy (non-hydrogen) atoms. The van der Waals surface area contributed by atoms with Crippen molar-refractivity contribution >= 4 is 10.0 Å². The zero-order valence-corrected chi connectivity index (χ0v) is 13.7. The van der Waals surface area contributed by atoms with Gasteiger partial charge in [0, 0.05) is 32.3 Å². The minimum atomic E-state index is -3.23. The molecule has 0 amide bonds. The van der Waals surface area contributed by atoms with E-state index >= 15 is 0 Å². The molecule has 0 fully saturated rings. The Bertz CT molecular complexity index is 316. The quantitative estimate of drug-likeness (QED) is 0.565. The third-order valence-corrected chi connectivity index (χ3v) is 4.40. The van der Waals surface area contributed by atoms with Crippen LogP contribution in [0.25, 0.3) is 0 Å². The van der Waals surface area contributed by atoms with Crippen LogP contribution in [-0.4, -0.2) is 46.0 Å². The van der Waals surface area contributed by atoms with Gasteiger partial charge in [-0.05, 0) is 19.3 Å². The first kappa shape index (κ1) is 18.8. The molecule has 5 nitrogen and oxygen atoms in total. The Morgan fingerprint density at radius 1 is 1.11 bits per heavy atom. The second-order valence-corrected chi connectivity index (χ2v) is 7.82. The molecule has 0 aromatic carbocycles. The molecule has 0 radical (unpaired) electrons. The Hall–Kier alpha value is -0.170. The van der Waals surface area contributed by atoms with E-state index in [1.165, 1.54) is 0 Å². The fourth-order valence-electron chi connectivity index (χ4n) is 1.36. The molecule has 0 bridgehead atoms. The summed E-state index contributed by atoms with van der Waals surface area (Å²) in [6, 6.07) is 0.294. The van der Waals surface area contributed by atoms with E-state index in [-0.39, 0.29) is 0 Å². The molecule has 0 aliphatic carbocycles. The van der Waals surface area contributed by atoms with Gasteiger partial charge in [-0.25, -0.2) is 13.1 Å². The van der Waals surface area contributed by atoms with Crippen molar-refractivity contribution in [2.75, 3.05) is 26.3 Å². The highest BCUT2D eigenvalue weighted by Gasteiger charge is 2.19. The number of rotatable bonds is 11. The third-order valence-electron chi connectivity index (χ3n) is 2.56. The monoisotopic (exact) mass is 294 g/mol. The average Bonchev–Trinajstić information content (AvgIpc) is 2.29. The van der Waals surface area contributed by atoms with Crippen molar-refractivity contribution in [2.24, 2.45) is 5.92 Å². The first-order chi connectivity index (χ1) is 8.75. The van der Waals surface area contributed by atoms with Crippen molar-refractivity contribution in [2.45, 2.75) is 52.3 Å². The SMILES string of the molecule is CC(C)COCCCNS(=O)(=O)C(C)CNC(C)C. The topological polar surface area (TPSA) is 67.4 Å². The molecule has 0 aromatic heterocycles. The predicted molar refractivity (Wildman–Crippen MR) is 79.8 cm³/mol. The molecule has 1 unspecified atom stereocenters. The van der Waals surface area contributed by atoms with Crippen molar-refractivity contribution in [1.82, 2.24) is 10.0 Å². The fourth-order valence-corrected chi connectivity index (χ4v) is 2.39. The van der Waals surface area contributed by atoms with E-state index in [1.54, 1.807) is 6.92 Å². The zero-order valence-electron chi connectivity index (χ0n) is 12.9. The maximum absolute atomic E-state index is 11.9. The minimum absolute atomic E-state index is 0.294. The molecule has 1 atom stereocenters. The molecular weight excluding hydrogens is 264 g/mol. The molecule has 116 valence electrons. The summed E-state index contributed by atoms with van der Waals surface area (Å²) in [6.45, 7) is 12.1. The van der Waals surface area contributed by atoms with E-state index in [1.807, 2.05) is 13.8 Å². The summed E-state index contributed by atoms with van der Waals surface area (Å²) in [5, 5.41) is 2.71. The summed E-state index contributed by atoms with van der Waals surface area (Å²) in [6.07, 6.45) is 0.705. The first-order valence-electron chi connectivity index (χ1n) is 7.05. The van der Waals surface area contributed by atoms with E-state index in [2.05, 4.69) is 23.9 Å². The van der Waals surface area contributed by atoms with Crippen molar-refractivity contribution in [1.29, 1.82) is 0 Å². The first-order valence-corrected chi connectivity index (χ1v) is 8.60. The van der Waals surface area contributed by atoms with Gasteiger partial charge in [-0.2, -0.15) is 0 Å². The van der Waals surface area contributed by atoms with Crippen LogP contribution in [0.5, 0.6) is 0 Å². The Kier molecular flexibility index (Phi) is 9.60. The second-order valence-electron chi connectivity index (χ2n) is 5.64. The van der Waals surface area contributed by atoms with E-state index in [4.69, 9.17) is 4.74 Å². The summed E-state index contributed by atoms with van der Waals surface area (Å²) in [7, 11) is -3.23. The molecule has 0 saturated heterocycles. The van der Waals surface area contributed by atoms with Gasteiger partial charge in [-0.1, -0.05) is 27.7 Å². The molecule has 0 aliphatic heterocycles. The highest BCUT2D eigenvalue weighted by Crippen LogP contribution is 1.98. The van der Waals surface area contributed by atoms with Crippen LogP contribution in [0.4, 0.5) is 0 Å². The molecule has 6 heteroatoms. The van der Waals surface area contributed by atoms with Gasteiger partial charge >= 0.3 is 0 Å². The summed E-state index contributed by atoms with van der Waals surface area (Å²) >= 11 is 0. The van der Waals surface area contributed by atoms with E-state index in [9.17, 15) is 8.42 Å². The number of hydrogen-bond acceptors (Lipinski definition) is 4. The number of hydrogen-bond donors (Lipinski definition) is 2. The summed E-state index contributed by atoms with van der Waals surface area (Å²) in [5.74, 6) is 0.513. The molecule has 0 rings (SSSR count). The van der Waals surface area contributed by atoms with Crippen molar-refractivity contribution in [3.63, 3.8) is 0 Å². The number of nitrogens with one attached hydrogen (secondary N) is 2. The van der Waals surface area contributed by atoms with Crippen molar-refractivity contribution < 1.29 is 13.2 Å². The van der Waals surface area contributed by atoms with Gasteiger partial charge in [-0.15, -0.1) is 0 Å². The second kappa shape index (κ2) is 9.69. The Morgan fingerprint density at radius 2 is 1.74 bits per heavy atom. The summed E-state index contributed by atoms with van der Waals surface area (Å²) in [5.41, 5.74) is 0. The molecule has 0 spiro atoms. The van der Waals surface area contributed by atoms with Crippen LogP contribution in [0.2, 0.25) is 0 Å². The van der Waals surface area contributed by atoms with Gasteiger partial charge in [0.1, 0.15) is 0 Å². The maximum Gasteiger partial charge on any atom is 0.215 e. The van der Waals surface area contributed by atoms with Crippen molar-refractivity contribution in [3.05, 3.63) is 0 Å². The van der Waals surface area contributed by atoms with Crippen LogP contribution in [0, 0.1) is 5.92 Å². The lowest BCUT2D eigenvalue weighted by Gasteiger charge is -2.16. The smallest absolute Gasteiger partial charge is 0.215 e. The Morgan fingerprint density at radius 3 is 2.26 bits per heavy atom. The highest BCUT2D eigenvalue weighted by molar-refractivity contribution is 7.90. The molecule has 0 saturated carbocycles. The van der Waals surface area contributed by atoms with Gasteiger partial charge in [0.15, 0.2) is 0 Å². The Balaban J connectivity index is 3.78. The normalized spacial score (nSPS) is 14.3. The van der Waals surface area contributed by atoms with E-state index in [0.29, 0.717) is 38.1 Å². The van der Waals surface area contributed by atoms with Crippen LogP contribution in [0.3, 0.4) is 0 Å². The van der Waals surface area contributed by atoms with Gasteiger partial charge in [0.05, 0.1) is 5.25 Å². The molecule has 0 heterocycles. The fraction of sp³-hybridized carbons (Fsp3) is 1.00. The highest BCUT2D eigenvalue weighted by atomic mass is 32.2. The third kappa shape index (κ3) is 10.3. The molecule has 0 aliphatic rings. The van der Waals surface area contributed by atoms with Crippen LogP contribution in [0.1, 0.15) is 41.0 Å². The van der Waals surface area contributed by atoms with E-state index in [0.717, 1.165) is 6.61 Å². The van der Waals surface area contributed by atoms with Crippen LogP contribution < -0.4 is 10.0 Å². The van der Waals surface area contributed by atoms with Gasteiger partial charge in [0.25, 0.3) is 0 Å². The van der Waals surface area contributed by atoms with Crippen LogP contribution >= 0.6 is 0 Å². The van der Waals surface area contributed by atoms with E-state index < -0.39 is 15.3 Å². The lowest BCUT2D eigenvalue weighted by atomic mass is 10.2.